The minimum absolute atomic E-state index is 0. The van der Waals surface area contributed by atoms with Gasteiger partial charge in [-0.25, -0.2) is 0 Å². The zero-order chi connectivity index (χ0) is 9.78. The average molecular weight is 310 g/mol. The summed E-state index contributed by atoms with van der Waals surface area (Å²) in [6.45, 7) is 2.29. The highest BCUT2D eigenvalue weighted by Crippen LogP contribution is 2.10. The smallest absolute Gasteiger partial charge is 0.00279 e. The minimum Gasteiger partial charge on any atom is -0.147 e. The molecule has 16 heavy (non-hydrogen) atoms. The predicted octanol–water partition coefficient (Wildman–Crippen LogP) is 4.96. The van der Waals surface area contributed by atoms with E-state index in [1.807, 2.05) is 0 Å². The van der Waals surface area contributed by atoms with Crippen molar-refractivity contribution in [2.45, 2.75) is 77.2 Å². The standard InChI is InChI=1S/C12H28Si.3ClH/c1-2-3-4-5-6-7-8-9-10-11-12-13;;;/h2-12H2,1,13H3;3*1H. The molecular formula is C12H31Cl3Si. The van der Waals surface area contributed by atoms with Gasteiger partial charge in [-0.15, -0.1) is 37.2 Å². The van der Waals surface area contributed by atoms with Crippen molar-refractivity contribution in [3.8, 4) is 0 Å². The third-order valence-corrected chi connectivity index (χ3v) is 3.41. The Hall–Kier alpha value is 1.09. The molecule has 0 rings (SSSR count). The second-order valence-electron chi connectivity index (χ2n) is 4.18. The van der Waals surface area contributed by atoms with E-state index in [2.05, 4.69) is 6.92 Å². The molecule has 0 saturated carbocycles. The summed E-state index contributed by atoms with van der Waals surface area (Å²) < 4.78 is 0. The first-order valence-corrected chi connectivity index (χ1v) is 7.83. The van der Waals surface area contributed by atoms with E-state index in [-0.39, 0.29) is 37.2 Å². The first-order valence-electron chi connectivity index (χ1n) is 6.41. The molecule has 0 bridgehead atoms. The van der Waals surface area contributed by atoms with Crippen LogP contribution in [-0.4, -0.2) is 10.2 Å². The number of halogens is 3. The van der Waals surface area contributed by atoms with Crippen molar-refractivity contribution in [3.05, 3.63) is 0 Å². The van der Waals surface area contributed by atoms with Gasteiger partial charge in [0.05, 0.1) is 0 Å². The van der Waals surface area contributed by atoms with Gasteiger partial charge in [-0.3, -0.25) is 0 Å². The SMILES string of the molecule is CCCCCCCCCCCC[SiH3].Cl.Cl.Cl. The molecule has 0 amide bonds. The van der Waals surface area contributed by atoms with Gasteiger partial charge in [-0.1, -0.05) is 77.2 Å². The summed E-state index contributed by atoms with van der Waals surface area (Å²) in [5, 5.41) is 0. The zero-order valence-electron chi connectivity index (χ0n) is 11.0. The Morgan fingerprint density at radius 3 is 1.19 bits per heavy atom. The fourth-order valence-corrected chi connectivity index (χ4v) is 2.24. The maximum absolute atomic E-state index is 2.29. The molecule has 0 saturated heterocycles. The highest BCUT2D eigenvalue weighted by molar-refractivity contribution is 6.08. The van der Waals surface area contributed by atoms with Crippen LogP contribution in [0.2, 0.25) is 6.04 Å². The van der Waals surface area contributed by atoms with Gasteiger partial charge in [0.15, 0.2) is 0 Å². The lowest BCUT2D eigenvalue weighted by Crippen LogP contribution is -1.81. The van der Waals surface area contributed by atoms with Crippen LogP contribution < -0.4 is 0 Å². The second kappa shape index (κ2) is 25.1. The van der Waals surface area contributed by atoms with E-state index in [4.69, 9.17) is 0 Å². The van der Waals surface area contributed by atoms with E-state index in [9.17, 15) is 0 Å². The van der Waals surface area contributed by atoms with Crippen LogP contribution in [0, 0.1) is 0 Å². The van der Waals surface area contributed by atoms with Gasteiger partial charge in [0, 0.05) is 10.2 Å². The van der Waals surface area contributed by atoms with Crippen LogP contribution in [-0.2, 0) is 0 Å². The molecule has 0 heterocycles. The summed E-state index contributed by atoms with van der Waals surface area (Å²) in [6.07, 6.45) is 14.7. The monoisotopic (exact) mass is 308 g/mol. The van der Waals surface area contributed by atoms with E-state index in [1.54, 1.807) is 0 Å². The summed E-state index contributed by atoms with van der Waals surface area (Å²) in [5.74, 6) is 0. The molecular weight excluding hydrogens is 279 g/mol. The fraction of sp³-hybridized carbons (Fsp3) is 1.00. The molecule has 0 unspecified atom stereocenters. The molecule has 0 nitrogen and oxygen atoms in total. The predicted molar refractivity (Wildman–Crippen MR) is 88.3 cm³/mol. The Bertz CT molecular complexity index is 82.3. The van der Waals surface area contributed by atoms with Crippen LogP contribution in [0.25, 0.3) is 0 Å². The van der Waals surface area contributed by atoms with Gasteiger partial charge in [-0.05, 0) is 0 Å². The lowest BCUT2D eigenvalue weighted by atomic mass is 10.1. The van der Waals surface area contributed by atoms with E-state index >= 15 is 0 Å². The molecule has 4 heteroatoms. The lowest BCUT2D eigenvalue weighted by molar-refractivity contribution is 0.562. The van der Waals surface area contributed by atoms with Crippen molar-refractivity contribution >= 4 is 47.5 Å². The Labute approximate surface area is 124 Å². The van der Waals surface area contributed by atoms with E-state index in [0.29, 0.717) is 0 Å². The zero-order valence-corrected chi connectivity index (χ0v) is 15.5. The normalized spacial score (nSPS) is 8.81. The van der Waals surface area contributed by atoms with Crippen molar-refractivity contribution in [1.82, 2.24) is 0 Å². The average Bonchev–Trinajstić information content (AvgIpc) is 2.16. The minimum atomic E-state index is 0. The summed E-state index contributed by atoms with van der Waals surface area (Å²) in [7, 11) is 1.41. The second-order valence-corrected chi connectivity index (χ2v) is 5.18. The molecule has 0 spiro atoms. The fourth-order valence-electron chi connectivity index (χ4n) is 1.74. The molecule has 0 aliphatic carbocycles. The van der Waals surface area contributed by atoms with Crippen LogP contribution in [0.15, 0.2) is 0 Å². The molecule has 0 fully saturated rings. The van der Waals surface area contributed by atoms with Crippen LogP contribution in [0.5, 0.6) is 0 Å². The highest BCUT2D eigenvalue weighted by atomic mass is 35.5. The van der Waals surface area contributed by atoms with Crippen LogP contribution in [0.3, 0.4) is 0 Å². The number of unbranched alkanes of at least 4 members (excludes halogenated alkanes) is 9. The van der Waals surface area contributed by atoms with E-state index < -0.39 is 0 Å². The number of hydrogen-bond acceptors (Lipinski definition) is 0. The Balaban J connectivity index is -0.000000240. The van der Waals surface area contributed by atoms with Crippen LogP contribution in [0.1, 0.15) is 71.1 Å². The topological polar surface area (TPSA) is 0 Å². The van der Waals surface area contributed by atoms with Crippen molar-refractivity contribution in [2.75, 3.05) is 0 Å². The van der Waals surface area contributed by atoms with Crippen LogP contribution in [0.4, 0.5) is 0 Å². The summed E-state index contributed by atoms with van der Waals surface area (Å²) in [4.78, 5) is 0. The molecule has 0 aromatic carbocycles. The lowest BCUT2D eigenvalue weighted by Gasteiger charge is -2.00. The highest BCUT2D eigenvalue weighted by Gasteiger charge is 1.90. The van der Waals surface area contributed by atoms with E-state index in [1.165, 1.54) is 80.5 Å². The largest absolute Gasteiger partial charge is 0.147 e. The molecule has 0 atom stereocenters. The summed E-state index contributed by atoms with van der Waals surface area (Å²) in [6, 6.07) is 1.51. The van der Waals surface area contributed by atoms with Gasteiger partial charge >= 0.3 is 0 Å². The first kappa shape index (κ1) is 25.8. The maximum Gasteiger partial charge on any atom is 0.00279 e. The molecule has 0 aliphatic rings. The van der Waals surface area contributed by atoms with Gasteiger partial charge in [0.2, 0.25) is 0 Å². The van der Waals surface area contributed by atoms with Gasteiger partial charge in [0.25, 0.3) is 0 Å². The van der Waals surface area contributed by atoms with Crippen molar-refractivity contribution in [1.29, 1.82) is 0 Å². The quantitative estimate of drug-likeness (QED) is 0.395. The van der Waals surface area contributed by atoms with E-state index in [0.717, 1.165) is 0 Å². The molecule has 0 aliphatic heterocycles. The number of hydrogen-bond donors (Lipinski definition) is 0. The van der Waals surface area contributed by atoms with Crippen molar-refractivity contribution < 1.29 is 0 Å². The van der Waals surface area contributed by atoms with Crippen LogP contribution >= 0.6 is 37.2 Å². The molecule has 0 aromatic heterocycles. The molecule has 0 radical (unpaired) electrons. The molecule has 104 valence electrons. The summed E-state index contributed by atoms with van der Waals surface area (Å²) >= 11 is 0. The third-order valence-electron chi connectivity index (χ3n) is 2.71. The molecule has 0 aromatic rings. The maximum atomic E-state index is 2.29. The van der Waals surface area contributed by atoms with Crippen molar-refractivity contribution in [2.24, 2.45) is 0 Å². The molecule has 0 N–H and O–H groups in total. The Morgan fingerprint density at radius 2 is 0.875 bits per heavy atom. The van der Waals surface area contributed by atoms with Gasteiger partial charge < -0.3 is 0 Å². The van der Waals surface area contributed by atoms with Crippen molar-refractivity contribution in [3.63, 3.8) is 0 Å². The Kier molecular flexibility index (Phi) is 40.4. The first-order chi connectivity index (χ1) is 6.41. The number of rotatable bonds is 10. The van der Waals surface area contributed by atoms with Gasteiger partial charge in [-0.2, -0.15) is 0 Å². The van der Waals surface area contributed by atoms with Gasteiger partial charge in [0.1, 0.15) is 0 Å². The Morgan fingerprint density at radius 1 is 0.562 bits per heavy atom. The summed E-state index contributed by atoms with van der Waals surface area (Å²) in [5.41, 5.74) is 0. The third kappa shape index (κ3) is 24.4.